The van der Waals surface area contributed by atoms with Crippen LogP contribution >= 0.6 is 0 Å². The number of carbonyl (C=O) groups excluding carboxylic acids is 1. The van der Waals surface area contributed by atoms with Crippen molar-refractivity contribution < 1.29 is 4.79 Å². The summed E-state index contributed by atoms with van der Waals surface area (Å²) < 4.78 is 3.17. The number of aryl methyl sites for hydroxylation is 2. The fraction of sp³-hybridized carbons (Fsp3) is 0.308. The van der Waals surface area contributed by atoms with E-state index in [2.05, 4.69) is 10.4 Å². The topological polar surface area (TPSA) is 68.9 Å². The van der Waals surface area contributed by atoms with Crippen molar-refractivity contribution in [3.05, 3.63) is 51.7 Å². The van der Waals surface area contributed by atoms with E-state index in [9.17, 15) is 9.59 Å². The monoisotopic (exact) mass is 260 g/mol. The highest BCUT2D eigenvalue weighted by Crippen LogP contribution is 2.05. The predicted octanol–water partition coefficient (Wildman–Crippen LogP) is 0.357. The lowest BCUT2D eigenvalue weighted by Gasteiger charge is -2.05. The summed E-state index contributed by atoms with van der Waals surface area (Å²) in [6.07, 6.45) is 3.30. The van der Waals surface area contributed by atoms with E-state index in [4.69, 9.17) is 0 Å². The predicted molar refractivity (Wildman–Crippen MR) is 70.8 cm³/mol. The van der Waals surface area contributed by atoms with E-state index in [0.717, 1.165) is 11.3 Å². The Bertz CT molecular complexity index is 670. The van der Waals surface area contributed by atoms with Crippen molar-refractivity contribution >= 4 is 5.91 Å². The number of aromatic nitrogens is 3. The molecule has 19 heavy (non-hydrogen) atoms. The van der Waals surface area contributed by atoms with Gasteiger partial charge in [-0.2, -0.15) is 5.10 Å². The molecule has 6 heteroatoms. The molecule has 0 atom stereocenters. The van der Waals surface area contributed by atoms with Crippen molar-refractivity contribution in [1.82, 2.24) is 19.7 Å². The molecule has 0 saturated carbocycles. The zero-order valence-electron chi connectivity index (χ0n) is 11.2. The van der Waals surface area contributed by atoms with E-state index < -0.39 is 0 Å². The SMILES string of the molecule is Cc1c(CNC(=O)c2ccn(C)c(=O)c2)cnn1C. The number of carbonyl (C=O) groups is 1. The van der Waals surface area contributed by atoms with Gasteiger partial charge in [0.15, 0.2) is 0 Å². The van der Waals surface area contributed by atoms with E-state index >= 15 is 0 Å². The first-order chi connectivity index (χ1) is 8.99. The summed E-state index contributed by atoms with van der Waals surface area (Å²) in [5.41, 5.74) is 2.12. The van der Waals surface area contributed by atoms with Crippen LogP contribution in [-0.2, 0) is 20.6 Å². The van der Waals surface area contributed by atoms with Crippen LogP contribution in [-0.4, -0.2) is 20.3 Å². The van der Waals surface area contributed by atoms with Gasteiger partial charge in [-0.25, -0.2) is 0 Å². The van der Waals surface area contributed by atoms with E-state index in [1.165, 1.54) is 10.6 Å². The average Bonchev–Trinajstić information content (AvgIpc) is 2.70. The van der Waals surface area contributed by atoms with Crippen LogP contribution in [0, 0.1) is 6.92 Å². The Morgan fingerprint density at radius 1 is 1.42 bits per heavy atom. The number of nitrogens with zero attached hydrogens (tertiary/aromatic N) is 3. The first kappa shape index (κ1) is 13.1. The van der Waals surface area contributed by atoms with Gasteiger partial charge < -0.3 is 9.88 Å². The Balaban J connectivity index is 2.07. The molecule has 0 spiro atoms. The summed E-state index contributed by atoms with van der Waals surface area (Å²) in [6.45, 7) is 2.33. The number of hydrogen-bond acceptors (Lipinski definition) is 3. The summed E-state index contributed by atoms with van der Waals surface area (Å²) >= 11 is 0. The fourth-order valence-electron chi connectivity index (χ4n) is 1.69. The molecule has 2 heterocycles. The molecule has 0 aliphatic carbocycles. The van der Waals surface area contributed by atoms with Crippen LogP contribution < -0.4 is 10.9 Å². The Morgan fingerprint density at radius 3 is 2.74 bits per heavy atom. The third-order valence-corrected chi connectivity index (χ3v) is 3.14. The Kier molecular flexibility index (Phi) is 3.50. The average molecular weight is 260 g/mol. The van der Waals surface area contributed by atoms with Gasteiger partial charge in [-0.3, -0.25) is 14.3 Å². The second-order valence-electron chi connectivity index (χ2n) is 4.43. The number of hydrogen-bond donors (Lipinski definition) is 1. The number of rotatable bonds is 3. The summed E-state index contributed by atoms with van der Waals surface area (Å²) in [5.74, 6) is -0.263. The van der Waals surface area contributed by atoms with Gasteiger partial charge in [0.2, 0.25) is 0 Å². The molecular formula is C13H16N4O2. The van der Waals surface area contributed by atoms with Crippen LogP contribution in [0.15, 0.2) is 29.3 Å². The van der Waals surface area contributed by atoms with Gasteiger partial charge >= 0.3 is 0 Å². The molecule has 0 aromatic carbocycles. The second kappa shape index (κ2) is 5.09. The van der Waals surface area contributed by atoms with Crippen LogP contribution in [0.5, 0.6) is 0 Å². The van der Waals surface area contributed by atoms with Crippen molar-refractivity contribution in [2.75, 3.05) is 0 Å². The zero-order chi connectivity index (χ0) is 14.0. The van der Waals surface area contributed by atoms with Crippen molar-refractivity contribution in [3.8, 4) is 0 Å². The maximum atomic E-state index is 11.9. The number of amides is 1. The molecule has 0 bridgehead atoms. The van der Waals surface area contributed by atoms with Crippen LogP contribution in [0.4, 0.5) is 0 Å². The summed E-state index contributed by atoms with van der Waals surface area (Å²) in [4.78, 5) is 23.4. The van der Waals surface area contributed by atoms with Crippen LogP contribution in [0.3, 0.4) is 0 Å². The molecule has 0 fully saturated rings. The molecule has 0 unspecified atom stereocenters. The van der Waals surface area contributed by atoms with Crippen molar-refractivity contribution in [2.45, 2.75) is 13.5 Å². The number of pyridine rings is 1. The van der Waals surface area contributed by atoms with Gasteiger partial charge in [-0.05, 0) is 13.0 Å². The van der Waals surface area contributed by atoms with Crippen molar-refractivity contribution in [3.63, 3.8) is 0 Å². The van der Waals surface area contributed by atoms with E-state index in [1.807, 2.05) is 14.0 Å². The van der Waals surface area contributed by atoms with Crippen LogP contribution in [0.2, 0.25) is 0 Å². The Morgan fingerprint density at radius 2 is 2.16 bits per heavy atom. The molecule has 2 aromatic heterocycles. The van der Waals surface area contributed by atoms with Crippen molar-refractivity contribution in [1.29, 1.82) is 0 Å². The first-order valence-electron chi connectivity index (χ1n) is 5.91. The lowest BCUT2D eigenvalue weighted by atomic mass is 10.2. The lowest BCUT2D eigenvalue weighted by molar-refractivity contribution is 0.0950. The second-order valence-corrected chi connectivity index (χ2v) is 4.43. The Hall–Kier alpha value is -2.37. The summed E-state index contributed by atoms with van der Waals surface area (Å²) in [7, 11) is 3.49. The quantitative estimate of drug-likeness (QED) is 0.866. The molecule has 0 saturated heterocycles. The molecule has 1 N–H and O–H groups in total. The van der Waals surface area contributed by atoms with E-state index in [0.29, 0.717) is 12.1 Å². The maximum absolute atomic E-state index is 11.9. The van der Waals surface area contributed by atoms with Gasteiger partial charge in [0, 0.05) is 49.7 Å². The number of nitrogens with one attached hydrogen (secondary N) is 1. The smallest absolute Gasteiger partial charge is 0.251 e. The van der Waals surface area contributed by atoms with Gasteiger partial charge in [0.25, 0.3) is 11.5 Å². The van der Waals surface area contributed by atoms with Gasteiger partial charge in [-0.1, -0.05) is 0 Å². The minimum absolute atomic E-state index is 0.204. The molecule has 0 aliphatic heterocycles. The minimum Gasteiger partial charge on any atom is -0.348 e. The molecule has 0 aliphatic rings. The third-order valence-electron chi connectivity index (χ3n) is 3.14. The summed E-state index contributed by atoms with van der Waals surface area (Å²) in [5, 5.41) is 6.88. The molecule has 1 amide bonds. The Labute approximate surface area is 110 Å². The molecule has 6 nitrogen and oxygen atoms in total. The van der Waals surface area contributed by atoms with Gasteiger partial charge in [-0.15, -0.1) is 0 Å². The fourth-order valence-corrected chi connectivity index (χ4v) is 1.69. The van der Waals surface area contributed by atoms with Crippen LogP contribution in [0.25, 0.3) is 0 Å². The highest BCUT2D eigenvalue weighted by atomic mass is 16.2. The maximum Gasteiger partial charge on any atom is 0.251 e. The van der Waals surface area contributed by atoms with Crippen molar-refractivity contribution in [2.24, 2.45) is 14.1 Å². The normalized spacial score (nSPS) is 10.5. The molecule has 2 aromatic rings. The molecule has 100 valence electrons. The lowest BCUT2D eigenvalue weighted by Crippen LogP contribution is -2.25. The largest absolute Gasteiger partial charge is 0.348 e. The third kappa shape index (κ3) is 2.73. The van der Waals surface area contributed by atoms with E-state index in [-0.39, 0.29) is 11.5 Å². The van der Waals surface area contributed by atoms with Gasteiger partial charge in [0.05, 0.1) is 6.20 Å². The molecule has 0 radical (unpaired) electrons. The first-order valence-corrected chi connectivity index (χ1v) is 5.91. The summed E-state index contributed by atoms with van der Waals surface area (Å²) in [6, 6.07) is 2.94. The minimum atomic E-state index is -0.263. The highest BCUT2D eigenvalue weighted by Gasteiger charge is 2.09. The standard InChI is InChI=1S/C13H16N4O2/c1-9-11(8-15-17(9)3)7-14-13(19)10-4-5-16(2)12(18)6-10/h4-6,8H,7H2,1-3H3,(H,14,19). The molecule has 2 rings (SSSR count). The van der Waals surface area contributed by atoms with E-state index in [1.54, 1.807) is 30.2 Å². The van der Waals surface area contributed by atoms with Gasteiger partial charge in [0.1, 0.15) is 0 Å². The van der Waals surface area contributed by atoms with Crippen LogP contribution in [0.1, 0.15) is 21.6 Å². The molecular weight excluding hydrogens is 244 g/mol. The highest BCUT2D eigenvalue weighted by molar-refractivity contribution is 5.93. The zero-order valence-corrected chi connectivity index (χ0v) is 11.2.